The van der Waals surface area contributed by atoms with Crippen molar-refractivity contribution >= 4 is 68.5 Å². The zero-order valence-corrected chi connectivity index (χ0v) is 31.4. The van der Waals surface area contributed by atoms with E-state index in [2.05, 4.69) is 10.6 Å². The minimum Gasteiger partial charge on any atom is -0.497 e. The second-order valence-electron chi connectivity index (χ2n) is 11.5. The summed E-state index contributed by atoms with van der Waals surface area (Å²) in [7, 11) is 6.06. The van der Waals surface area contributed by atoms with Gasteiger partial charge in [-0.05, 0) is 48.5 Å². The lowest BCUT2D eigenvalue weighted by Gasteiger charge is -2.17. The third kappa shape index (κ3) is 8.45. The summed E-state index contributed by atoms with van der Waals surface area (Å²) in [6, 6.07) is 23.9. The quantitative estimate of drug-likeness (QED) is 0.102. The molecule has 6 aromatic rings. The highest BCUT2D eigenvalue weighted by molar-refractivity contribution is 8.00. The Morgan fingerprint density at radius 2 is 1.00 bits per heavy atom. The third-order valence-electron chi connectivity index (χ3n) is 8.23. The molecule has 0 spiro atoms. The summed E-state index contributed by atoms with van der Waals surface area (Å²) in [5.74, 6) is 1.14. The van der Waals surface area contributed by atoms with Gasteiger partial charge in [0.1, 0.15) is 23.0 Å². The fourth-order valence-electron chi connectivity index (χ4n) is 5.55. The SMILES string of the molecule is COc1ccc(NC(=O)CSc2nc3ccccc3c(=O)n2CCn2c(SCC(=O)Nc3ccc(OC)cc3OC)nc3ccccc3c2=O)c(OC)c1. The Morgan fingerprint density at radius 3 is 1.39 bits per heavy atom. The van der Waals surface area contributed by atoms with Crippen LogP contribution in [0.5, 0.6) is 23.0 Å². The van der Waals surface area contributed by atoms with Gasteiger partial charge in [0.2, 0.25) is 11.8 Å². The number of thioether (sulfide) groups is 2. The minimum absolute atomic E-state index is 0.0235. The normalized spacial score (nSPS) is 11.0. The number of carbonyl (C=O) groups is 2. The van der Waals surface area contributed by atoms with Crippen molar-refractivity contribution in [1.29, 1.82) is 0 Å². The number of rotatable bonds is 15. The molecule has 16 heteroatoms. The first-order valence-electron chi connectivity index (χ1n) is 16.5. The monoisotopic (exact) mass is 768 g/mol. The number of methoxy groups -OCH3 is 4. The Labute approximate surface area is 317 Å². The summed E-state index contributed by atoms with van der Waals surface area (Å²) in [6.07, 6.45) is 0. The molecule has 6 rings (SSSR count). The molecule has 2 aromatic heterocycles. The molecule has 54 heavy (non-hydrogen) atoms. The molecule has 278 valence electrons. The summed E-state index contributed by atoms with van der Waals surface area (Å²) in [4.78, 5) is 63.6. The molecule has 2 amide bonds. The number of nitrogens with one attached hydrogen (secondary N) is 2. The first kappa shape index (κ1) is 37.7. The summed E-state index contributed by atoms with van der Waals surface area (Å²) in [5.41, 5.74) is 1.20. The molecule has 0 unspecified atom stereocenters. The van der Waals surface area contributed by atoms with Gasteiger partial charge in [-0.3, -0.25) is 28.3 Å². The van der Waals surface area contributed by atoms with Gasteiger partial charge in [-0.25, -0.2) is 9.97 Å². The van der Waals surface area contributed by atoms with Crippen LogP contribution in [0.4, 0.5) is 11.4 Å². The van der Waals surface area contributed by atoms with Gasteiger partial charge < -0.3 is 29.6 Å². The van der Waals surface area contributed by atoms with Crippen LogP contribution in [0.15, 0.2) is 105 Å². The number of fused-ring (bicyclic) bond motifs is 2. The van der Waals surface area contributed by atoms with E-state index in [1.54, 1.807) is 84.9 Å². The van der Waals surface area contributed by atoms with Crippen molar-refractivity contribution < 1.29 is 28.5 Å². The highest BCUT2D eigenvalue weighted by atomic mass is 32.2. The van der Waals surface area contributed by atoms with E-state index in [-0.39, 0.29) is 47.5 Å². The topological polar surface area (TPSA) is 165 Å². The lowest BCUT2D eigenvalue weighted by atomic mass is 10.2. The van der Waals surface area contributed by atoms with E-state index in [1.165, 1.54) is 37.6 Å². The molecule has 0 saturated heterocycles. The smallest absolute Gasteiger partial charge is 0.262 e. The third-order valence-corrected chi connectivity index (χ3v) is 10.2. The average molecular weight is 769 g/mol. The second kappa shape index (κ2) is 17.2. The molecule has 0 aliphatic heterocycles. The summed E-state index contributed by atoms with van der Waals surface area (Å²) < 4.78 is 24.2. The highest BCUT2D eigenvalue weighted by Gasteiger charge is 2.18. The second-order valence-corrected chi connectivity index (χ2v) is 13.4. The molecule has 4 aromatic carbocycles. The van der Waals surface area contributed by atoms with Gasteiger partial charge in [0.15, 0.2) is 10.3 Å². The number of para-hydroxylation sites is 2. The van der Waals surface area contributed by atoms with Gasteiger partial charge in [-0.15, -0.1) is 0 Å². The number of nitrogens with zero attached hydrogens (tertiary/aromatic N) is 4. The van der Waals surface area contributed by atoms with E-state index in [9.17, 15) is 19.2 Å². The number of hydrogen-bond donors (Lipinski definition) is 2. The van der Waals surface area contributed by atoms with E-state index < -0.39 is 0 Å². The number of anilines is 2. The lowest BCUT2D eigenvalue weighted by Crippen LogP contribution is -2.30. The average Bonchev–Trinajstić information content (AvgIpc) is 3.20. The molecular formula is C38H36N6O8S2. The van der Waals surface area contributed by atoms with E-state index >= 15 is 0 Å². The summed E-state index contributed by atoms with van der Waals surface area (Å²) in [5, 5.41) is 7.03. The number of amides is 2. The van der Waals surface area contributed by atoms with Crippen molar-refractivity contribution in [2.24, 2.45) is 0 Å². The maximum Gasteiger partial charge on any atom is 0.262 e. The van der Waals surface area contributed by atoms with E-state index in [4.69, 9.17) is 28.9 Å². The van der Waals surface area contributed by atoms with Crippen LogP contribution in [0.2, 0.25) is 0 Å². The Balaban J connectivity index is 1.26. The van der Waals surface area contributed by atoms with Crippen LogP contribution in [0.3, 0.4) is 0 Å². The van der Waals surface area contributed by atoms with Crippen molar-refractivity contribution in [3.63, 3.8) is 0 Å². The molecule has 0 aliphatic carbocycles. The van der Waals surface area contributed by atoms with Crippen molar-refractivity contribution in [3.05, 3.63) is 106 Å². The first-order valence-corrected chi connectivity index (χ1v) is 18.5. The van der Waals surface area contributed by atoms with Gasteiger partial charge in [-0.2, -0.15) is 0 Å². The van der Waals surface area contributed by atoms with Crippen molar-refractivity contribution in [3.8, 4) is 23.0 Å². The molecule has 0 aliphatic rings. The fraction of sp³-hybridized carbons (Fsp3) is 0.211. The Hall–Kier alpha value is -6.00. The van der Waals surface area contributed by atoms with Crippen LogP contribution in [-0.4, -0.2) is 70.9 Å². The highest BCUT2D eigenvalue weighted by Crippen LogP contribution is 2.31. The van der Waals surface area contributed by atoms with Gasteiger partial charge in [0.25, 0.3) is 11.1 Å². The van der Waals surface area contributed by atoms with Crippen molar-refractivity contribution in [2.45, 2.75) is 23.4 Å². The zero-order valence-electron chi connectivity index (χ0n) is 29.8. The Bertz CT molecular complexity index is 2300. The zero-order chi connectivity index (χ0) is 38.2. The van der Waals surface area contributed by atoms with Crippen molar-refractivity contribution in [1.82, 2.24) is 19.1 Å². The molecular weight excluding hydrogens is 733 g/mol. The molecule has 0 saturated carbocycles. The maximum atomic E-state index is 13.9. The predicted octanol–water partition coefficient (Wildman–Crippen LogP) is 5.30. The van der Waals surface area contributed by atoms with Crippen LogP contribution >= 0.6 is 23.5 Å². The summed E-state index contributed by atoms with van der Waals surface area (Å²) in [6.45, 7) is 0.0469. The van der Waals surface area contributed by atoms with Crippen LogP contribution in [0.25, 0.3) is 21.8 Å². The molecule has 14 nitrogen and oxygen atoms in total. The molecule has 2 N–H and O–H groups in total. The number of aromatic nitrogens is 4. The van der Waals surface area contributed by atoms with Crippen LogP contribution in [0, 0.1) is 0 Å². The molecule has 0 fully saturated rings. The summed E-state index contributed by atoms with van der Waals surface area (Å²) >= 11 is 2.17. The number of benzene rings is 4. The van der Waals surface area contributed by atoms with E-state index in [0.717, 1.165) is 23.5 Å². The van der Waals surface area contributed by atoms with Crippen LogP contribution in [-0.2, 0) is 22.7 Å². The van der Waals surface area contributed by atoms with Gasteiger partial charge in [0.05, 0.1) is 73.1 Å². The number of ether oxygens (including phenoxy) is 4. The minimum atomic E-state index is -0.350. The molecule has 0 atom stereocenters. The Kier molecular flexibility index (Phi) is 12.0. The lowest BCUT2D eigenvalue weighted by molar-refractivity contribution is -0.114. The predicted molar refractivity (Wildman–Crippen MR) is 210 cm³/mol. The molecule has 0 radical (unpaired) electrons. The van der Waals surface area contributed by atoms with Gasteiger partial charge >= 0.3 is 0 Å². The number of hydrogen-bond acceptors (Lipinski definition) is 12. The number of carbonyl (C=O) groups excluding carboxylic acids is 2. The van der Waals surface area contributed by atoms with Crippen LogP contribution in [0.1, 0.15) is 0 Å². The standard InChI is InChI=1S/C38H36N6O8S2/c1-49-23-13-15-29(31(19-23)51-3)39-33(45)21-53-37-41-27-11-7-5-9-25(27)35(47)43(37)17-18-44-36(48)26-10-6-8-12-28(26)42-38(44)54-22-34(46)40-30-16-14-24(50-2)20-32(30)52-4/h5-16,19-20H,17-18,21-22H2,1-4H3,(H,39,45)(H,40,46). The van der Waals surface area contributed by atoms with Crippen LogP contribution < -0.4 is 40.7 Å². The van der Waals surface area contributed by atoms with Crippen molar-refractivity contribution in [2.75, 3.05) is 50.6 Å². The largest absolute Gasteiger partial charge is 0.497 e. The molecule has 2 heterocycles. The maximum absolute atomic E-state index is 13.9. The first-order chi connectivity index (χ1) is 26.2. The Morgan fingerprint density at radius 1 is 0.593 bits per heavy atom. The van der Waals surface area contributed by atoms with E-state index in [0.29, 0.717) is 66.5 Å². The fourth-order valence-corrected chi connectivity index (χ4v) is 7.20. The van der Waals surface area contributed by atoms with Gasteiger partial charge in [-0.1, -0.05) is 47.8 Å². The van der Waals surface area contributed by atoms with Gasteiger partial charge in [0, 0.05) is 25.2 Å². The molecule has 0 bridgehead atoms. The van der Waals surface area contributed by atoms with E-state index in [1.807, 2.05) is 0 Å².